The Morgan fingerprint density at radius 1 is 1.06 bits per heavy atom. The molecule has 0 heterocycles. The molecular weight excluding hydrogens is 236 g/mol. The minimum Gasteiger partial charge on any atom is -0.481 e. The van der Waals surface area contributed by atoms with E-state index in [0.717, 1.165) is 19.3 Å². The molecule has 0 aliphatic heterocycles. The number of carboxylic acids is 2. The van der Waals surface area contributed by atoms with Gasteiger partial charge in [-0.1, -0.05) is 19.3 Å². The zero-order valence-corrected chi connectivity index (χ0v) is 10.6. The minimum absolute atomic E-state index is 0.179. The molecule has 2 N–H and O–H groups in total. The molecule has 0 amide bonds. The first kappa shape index (κ1) is 15.0. The maximum atomic E-state index is 10.6. The maximum Gasteiger partial charge on any atom is 0.317 e. The Kier molecular flexibility index (Phi) is 6.72. The molecule has 0 radical (unpaired) electrons. The second kappa shape index (κ2) is 8.08. The first-order valence-electron chi connectivity index (χ1n) is 6.68. The molecule has 104 valence electrons. The van der Waals surface area contributed by atoms with E-state index in [9.17, 15) is 9.59 Å². The summed E-state index contributed by atoms with van der Waals surface area (Å²) in [5, 5.41) is 17.4. The first-order chi connectivity index (χ1) is 8.61. The number of rotatable bonds is 8. The molecule has 1 aliphatic carbocycles. The van der Waals surface area contributed by atoms with E-state index < -0.39 is 17.9 Å². The fraction of sp³-hybridized carbons (Fsp3) is 0.846. The molecule has 1 rings (SSSR count). The molecule has 1 aliphatic rings. The topological polar surface area (TPSA) is 83.8 Å². The van der Waals surface area contributed by atoms with Gasteiger partial charge in [0.2, 0.25) is 0 Å². The predicted molar refractivity (Wildman–Crippen MR) is 65.4 cm³/mol. The predicted octanol–water partition coefficient (Wildman–Crippen LogP) is 2.29. The third-order valence-corrected chi connectivity index (χ3v) is 3.39. The normalized spacial score (nSPS) is 16.9. The Morgan fingerprint density at radius 3 is 2.22 bits per heavy atom. The van der Waals surface area contributed by atoms with Crippen molar-refractivity contribution in [2.24, 2.45) is 5.92 Å². The molecule has 0 aromatic rings. The smallest absolute Gasteiger partial charge is 0.317 e. The van der Waals surface area contributed by atoms with Crippen molar-refractivity contribution in [3.8, 4) is 0 Å². The van der Waals surface area contributed by atoms with Gasteiger partial charge in [0.1, 0.15) is 0 Å². The molecule has 1 fully saturated rings. The van der Waals surface area contributed by atoms with Crippen LogP contribution in [-0.2, 0) is 14.3 Å². The van der Waals surface area contributed by atoms with E-state index in [-0.39, 0.29) is 6.42 Å². The number of aliphatic carboxylic acids is 2. The van der Waals surface area contributed by atoms with E-state index in [1.165, 1.54) is 19.3 Å². The standard InChI is InChI=1S/C13H22O5/c14-12(15)11(13(16)17)8-4-5-9-18-10-6-2-1-3-7-10/h10-11H,1-9H2,(H,14,15)(H,16,17). The van der Waals surface area contributed by atoms with Crippen LogP contribution in [0.25, 0.3) is 0 Å². The summed E-state index contributed by atoms with van der Waals surface area (Å²) in [4.78, 5) is 21.3. The molecule has 0 unspecified atom stereocenters. The number of hydrogen-bond donors (Lipinski definition) is 2. The molecule has 5 heteroatoms. The largest absolute Gasteiger partial charge is 0.481 e. The third kappa shape index (κ3) is 5.49. The van der Waals surface area contributed by atoms with Crippen LogP contribution in [0, 0.1) is 5.92 Å². The lowest BCUT2D eigenvalue weighted by molar-refractivity contribution is -0.154. The van der Waals surface area contributed by atoms with Gasteiger partial charge in [0.05, 0.1) is 6.10 Å². The van der Waals surface area contributed by atoms with E-state index in [1.54, 1.807) is 0 Å². The zero-order chi connectivity index (χ0) is 13.4. The van der Waals surface area contributed by atoms with Gasteiger partial charge in [0.15, 0.2) is 5.92 Å². The Balaban J connectivity index is 2.06. The summed E-state index contributed by atoms with van der Waals surface area (Å²) >= 11 is 0. The van der Waals surface area contributed by atoms with Crippen molar-refractivity contribution in [1.29, 1.82) is 0 Å². The Hall–Kier alpha value is -1.10. The first-order valence-corrected chi connectivity index (χ1v) is 6.68. The van der Waals surface area contributed by atoms with Crippen LogP contribution >= 0.6 is 0 Å². The molecule has 0 spiro atoms. The van der Waals surface area contributed by atoms with Gasteiger partial charge in [-0.05, 0) is 32.1 Å². The number of carbonyl (C=O) groups is 2. The molecule has 18 heavy (non-hydrogen) atoms. The van der Waals surface area contributed by atoms with Crippen LogP contribution in [0.15, 0.2) is 0 Å². The van der Waals surface area contributed by atoms with Crippen LogP contribution in [0.3, 0.4) is 0 Å². The van der Waals surface area contributed by atoms with Crippen molar-refractivity contribution < 1.29 is 24.5 Å². The summed E-state index contributed by atoms with van der Waals surface area (Å²) in [6, 6.07) is 0. The van der Waals surface area contributed by atoms with E-state index in [0.29, 0.717) is 19.1 Å². The maximum absolute atomic E-state index is 10.6. The third-order valence-electron chi connectivity index (χ3n) is 3.39. The van der Waals surface area contributed by atoms with Gasteiger partial charge in [0, 0.05) is 6.61 Å². The fourth-order valence-corrected chi connectivity index (χ4v) is 2.28. The lowest BCUT2D eigenvalue weighted by Crippen LogP contribution is -2.23. The number of carboxylic acid groups (broad SMARTS) is 2. The lowest BCUT2D eigenvalue weighted by Gasteiger charge is -2.21. The number of unbranched alkanes of at least 4 members (excludes halogenated alkanes) is 1. The van der Waals surface area contributed by atoms with Gasteiger partial charge in [-0.3, -0.25) is 9.59 Å². The number of hydrogen-bond acceptors (Lipinski definition) is 3. The molecule has 0 aromatic carbocycles. The van der Waals surface area contributed by atoms with E-state index in [1.807, 2.05) is 0 Å². The van der Waals surface area contributed by atoms with Crippen LogP contribution in [0.1, 0.15) is 51.4 Å². The highest BCUT2D eigenvalue weighted by molar-refractivity contribution is 5.92. The van der Waals surface area contributed by atoms with Gasteiger partial charge in [-0.15, -0.1) is 0 Å². The summed E-state index contributed by atoms with van der Waals surface area (Å²) < 4.78 is 5.69. The van der Waals surface area contributed by atoms with Crippen LogP contribution in [0.2, 0.25) is 0 Å². The summed E-state index contributed by atoms with van der Waals surface area (Å²) in [7, 11) is 0. The quantitative estimate of drug-likeness (QED) is 0.515. The van der Waals surface area contributed by atoms with Crippen LogP contribution in [-0.4, -0.2) is 34.9 Å². The summed E-state index contributed by atoms with van der Waals surface area (Å²) in [6.45, 7) is 0.608. The molecule has 5 nitrogen and oxygen atoms in total. The van der Waals surface area contributed by atoms with Crippen molar-refractivity contribution in [1.82, 2.24) is 0 Å². The fourth-order valence-electron chi connectivity index (χ4n) is 2.28. The Bertz CT molecular complexity index is 257. The SMILES string of the molecule is O=C(O)C(CCCCOC1CCCCC1)C(=O)O. The van der Waals surface area contributed by atoms with Crippen molar-refractivity contribution in [2.75, 3.05) is 6.61 Å². The van der Waals surface area contributed by atoms with Crippen molar-refractivity contribution >= 4 is 11.9 Å². The van der Waals surface area contributed by atoms with Crippen molar-refractivity contribution in [2.45, 2.75) is 57.5 Å². The number of ether oxygens (including phenoxy) is 1. The van der Waals surface area contributed by atoms with Gasteiger partial charge in [-0.25, -0.2) is 0 Å². The summed E-state index contributed by atoms with van der Waals surface area (Å²) in [6.07, 6.45) is 7.82. The van der Waals surface area contributed by atoms with E-state index in [2.05, 4.69) is 0 Å². The van der Waals surface area contributed by atoms with Crippen molar-refractivity contribution in [3.63, 3.8) is 0 Å². The van der Waals surface area contributed by atoms with E-state index >= 15 is 0 Å². The average molecular weight is 258 g/mol. The van der Waals surface area contributed by atoms with Crippen LogP contribution in [0.4, 0.5) is 0 Å². The zero-order valence-electron chi connectivity index (χ0n) is 10.6. The molecule has 0 bridgehead atoms. The van der Waals surface area contributed by atoms with Crippen molar-refractivity contribution in [3.05, 3.63) is 0 Å². The summed E-state index contributed by atoms with van der Waals surface area (Å²) in [5.41, 5.74) is 0. The van der Waals surface area contributed by atoms with Gasteiger partial charge < -0.3 is 14.9 Å². The molecule has 0 aromatic heterocycles. The summed E-state index contributed by atoms with van der Waals surface area (Å²) in [5.74, 6) is -3.79. The highest BCUT2D eigenvalue weighted by Gasteiger charge is 2.24. The van der Waals surface area contributed by atoms with Gasteiger partial charge in [-0.2, -0.15) is 0 Å². The average Bonchev–Trinajstić information content (AvgIpc) is 2.34. The molecule has 0 atom stereocenters. The minimum atomic E-state index is -1.28. The molecule has 1 saturated carbocycles. The highest BCUT2D eigenvalue weighted by Crippen LogP contribution is 2.20. The lowest BCUT2D eigenvalue weighted by atomic mass is 9.98. The monoisotopic (exact) mass is 258 g/mol. The van der Waals surface area contributed by atoms with Gasteiger partial charge >= 0.3 is 11.9 Å². The second-order valence-corrected chi connectivity index (χ2v) is 4.86. The van der Waals surface area contributed by atoms with Crippen LogP contribution in [0.5, 0.6) is 0 Å². The van der Waals surface area contributed by atoms with Crippen LogP contribution < -0.4 is 0 Å². The Morgan fingerprint density at radius 2 is 1.67 bits per heavy atom. The molecule has 0 saturated heterocycles. The highest BCUT2D eigenvalue weighted by atomic mass is 16.5. The Labute approximate surface area is 107 Å². The second-order valence-electron chi connectivity index (χ2n) is 4.86. The molecular formula is C13H22O5. The van der Waals surface area contributed by atoms with Gasteiger partial charge in [0.25, 0.3) is 0 Å². The van der Waals surface area contributed by atoms with E-state index in [4.69, 9.17) is 14.9 Å².